The molecule has 1 aromatic rings. The standard InChI is InChI=1S/C19H27ClN2O2/c1-12-5-10-15(11-16(12)20)21-17(23)13-6-8-14(9-7-13)18(24)22-19(2,3)4/h5,10-11,13-14H,6-9H2,1-4H3,(H,21,23)(H,22,24). The number of rotatable bonds is 3. The molecule has 0 spiro atoms. The Morgan fingerprint density at radius 2 is 1.58 bits per heavy atom. The maximum Gasteiger partial charge on any atom is 0.227 e. The van der Waals surface area contributed by atoms with E-state index in [-0.39, 0.29) is 29.2 Å². The number of carbonyl (C=O) groups excluding carboxylic acids is 2. The van der Waals surface area contributed by atoms with Crippen LogP contribution in [-0.2, 0) is 9.59 Å². The van der Waals surface area contributed by atoms with Gasteiger partial charge in [0.25, 0.3) is 0 Å². The summed E-state index contributed by atoms with van der Waals surface area (Å²) in [6, 6.07) is 5.53. The molecule has 5 heteroatoms. The monoisotopic (exact) mass is 350 g/mol. The summed E-state index contributed by atoms with van der Waals surface area (Å²) in [5.41, 5.74) is 1.50. The van der Waals surface area contributed by atoms with Crippen LogP contribution < -0.4 is 10.6 Å². The molecule has 132 valence electrons. The minimum absolute atomic E-state index is 0.0158. The van der Waals surface area contributed by atoms with E-state index in [0.29, 0.717) is 5.02 Å². The number of aryl methyl sites for hydroxylation is 1. The minimum Gasteiger partial charge on any atom is -0.351 e. The average molecular weight is 351 g/mol. The molecule has 1 aliphatic carbocycles. The average Bonchev–Trinajstić information content (AvgIpc) is 2.49. The Bertz CT molecular complexity index is 614. The molecular formula is C19H27ClN2O2. The van der Waals surface area contributed by atoms with E-state index in [0.717, 1.165) is 36.9 Å². The molecule has 0 heterocycles. The van der Waals surface area contributed by atoms with Crippen LogP contribution in [-0.4, -0.2) is 17.4 Å². The number of hydrogen-bond acceptors (Lipinski definition) is 2. The topological polar surface area (TPSA) is 58.2 Å². The third kappa shape index (κ3) is 5.23. The normalized spacial score (nSPS) is 21.2. The summed E-state index contributed by atoms with van der Waals surface area (Å²) >= 11 is 6.09. The van der Waals surface area contributed by atoms with Crippen molar-refractivity contribution in [3.8, 4) is 0 Å². The predicted molar refractivity (Wildman–Crippen MR) is 98.2 cm³/mol. The summed E-state index contributed by atoms with van der Waals surface area (Å²) in [5.74, 6) is 0.0992. The Kier molecular flexibility index (Phi) is 5.92. The number of hydrogen-bond donors (Lipinski definition) is 2. The lowest BCUT2D eigenvalue weighted by molar-refractivity contribution is -0.129. The number of nitrogens with one attached hydrogen (secondary N) is 2. The Morgan fingerprint density at radius 3 is 2.08 bits per heavy atom. The van der Waals surface area contributed by atoms with E-state index in [1.54, 1.807) is 6.07 Å². The zero-order valence-corrected chi connectivity index (χ0v) is 15.7. The fourth-order valence-corrected chi connectivity index (χ4v) is 3.18. The minimum atomic E-state index is -0.212. The van der Waals surface area contributed by atoms with Crippen molar-refractivity contribution in [1.82, 2.24) is 5.32 Å². The van der Waals surface area contributed by atoms with Crippen molar-refractivity contribution in [2.45, 2.75) is 58.9 Å². The molecule has 0 saturated heterocycles. The highest BCUT2D eigenvalue weighted by molar-refractivity contribution is 6.31. The van der Waals surface area contributed by atoms with Crippen LogP contribution in [0.1, 0.15) is 52.0 Å². The van der Waals surface area contributed by atoms with Gasteiger partial charge in [0.05, 0.1) is 0 Å². The smallest absolute Gasteiger partial charge is 0.227 e. The molecule has 24 heavy (non-hydrogen) atoms. The molecule has 0 aliphatic heterocycles. The molecule has 1 saturated carbocycles. The van der Waals surface area contributed by atoms with Crippen molar-refractivity contribution in [3.05, 3.63) is 28.8 Å². The molecule has 0 aromatic heterocycles. The van der Waals surface area contributed by atoms with Crippen molar-refractivity contribution in [2.24, 2.45) is 11.8 Å². The maximum atomic E-state index is 12.4. The number of halogens is 1. The van der Waals surface area contributed by atoms with Gasteiger partial charge >= 0.3 is 0 Å². The van der Waals surface area contributed by atoms with Gasteiger partial charge in [0.15, 0.2) is 0 Å². The van der Waals surface area contributed by atoms with Gasteiger partial charge in [-0.25, -0.2) is 0 Å². The Balaban J connectivity index is 1.86. The van der Waals surface area contributed by atoms with E-state index in [4.69, 9.17) is 11.6 Å². The van der Waals surface area contributed by atoms with Crippen molar-refractivity contribution < 1.29 is 9.59 Å². The molecule has 4 nitrogen and oxygen atoms in total. The van der Waals surface area contributed by atoms with Crippen molar-refractivity contribution >= 4 is 29.1 Å². The third-order valence-electron chi connectivity index (χ3n) is 4.41. The van der Waals surface area contributed by atoms with Crippen molar-refractivity contribution in [1.29, 1.82) is 0 Å². The van der Waals surface area contributed by atoms with E-state index in [2.05, 4.69) is 10.6 Å². The zero-order chi connectivity index (χ0) is 17.9. The van der Waals surface area contributed by atoms with Crippen LogP contribution in [0.5, 0.6) is 0 Å². The van der Waals surface area contributed by atoms with Crippen molar-refractivity contribution in [2.75, 3.05) is 5.32 Å². The third-order valence-corrected chi connectivity index (χ3v) is 4.81. The molecule has 0 atom stereocenters. The molecule has 0 radical (unpaired) electrons. The maximum absolute atomic E-state index is 12.4. The Morgan fingerprint density at radius 1 is 1.04 bits per heavy atom. The highest BCUT2D eigenvalue weighted by Crippen LogP contribution is 2.30. The zero-order valence-electron chi connectivity index (χ0n) is 14.9. The Labute approximate surface area is 149 Å². The van der Waals surface area contributed by atoms with Crippen LogP contribution >= 0.6 is 11.6 Å². The lowest BCUT2D eigenvalue weighted by Crippen LogP contribution is -2.45. The van der Waals surface area contributed by atoms with Gasteiger partial charge in [-0.15, -0.1) is 0 Å². The van der Waals surface area contributed by atoms with Crippen LogP contribution in [0.4, 0.5) is 5.69 Å². The second-order valence-electron chi connectivity index (χ2n) is 7.74. The second-order valence-corrected chi connectivity index (χ2v) is 8.15. The first-order valence-corrected chi connectivity index (χ1v) is 8.92. The lowest BCUT2D eigenvalue weighted by Gasteiger charge is -2.30. The SMILES string of the molecule is Cc1ccc(NC(=O)C2CCC(C(=O)NC(C)(C)C)CC2)cc1Cl. The molecule has 0 bridgehead atoms. The van der Waals surface area contributed by atoms with E-state index in [9.17, 15) is 9.59 Å². The predicted octanol–water partition coefficient (Wildman–Crippen LogP) is 4.31. The molecule has 1 aromatic carbocycles. The summed E-state index contributed by atoms with van der Waals surface area (Å²) in [6.07, 6.45) is 3.00. The summed E-state index contributed by atoms with van der Waals surface area (Å²) in [5, 5.41) is 6.62. The fourth-order valence-electron chi connectivity index (χ4n) is 3.00. The van der Waals surface area contributed by atoms with Crippen LogP contribution in [0, 0.1) is 18.8 Å². The van der Waals surface area contributed by atoms with Gasteiger partial charge in [-0.3, -0.25) is 9.59 Å². The summed E-state index contributed by atoms with van der Waals surface area (Å²) < 4.78 is 0. The van der Waals surface area contributed by atoms with Crippen LogP contribution in [0.15, 0.2) is 18.2 Å². The number of amides is 2. The van der Waals surface area contributed by atoms with Crippen LogP contribution in [0.2, 0.25) is 5.02 Å². The molecule has 2 amide bonds. The summed E-state index contributed by atoms with van der Waals surface area (Å²) in [7, 11) is 0. The van der Waals surface area contributed by atoms with Gasteiger partial charge in [0.1, 0.15) is 0 Å². The number of carbonyl (C=O) groups is 2. The quantitative estimate of drug-likeness (QED) is 0.853. The molecule has 1 aliphatic rings. The highest BCUT2D eigenvalue weighted by Gasteiger charge is 2.31. The fraction of sp³-hybridized carbons (Fsp3) is 0.579. The highest BCUT2D eigenvalue weighted by atomic mass is 35.5. The first-order valence-electron chi connectivity index (χ1n) is 8.55. The van der Waals surface area contributed by atoms with Gasteiger partial charge in [0.2, 0.25) is 11.8 Å². The van der Waals surface area contributed by atoms with E-state index < -0.39 is 0 Å². The van der Waals surface area contributed by atoms with Crippen LogP contribution in [0.3, 0.4) is 0 Å². The van der Waals surface area contributed by atoms with E-state index >= 15 is 0 Å². The van der Waals surface area contributed by atoms with Gasteiger partial charge < -0.3 is 10.6 Å². The van der Waals surface area contributed by atoms with Gasteiger partial charge in [0, 0.05) is 28.1 Å². The molecule has 0 unspecified atom stereocenters. The van der Waals surface area contributed by atoms with E-state index in [1.807, 2.05) is 39.8 Å². The second kappa shape index (κ2) is 7.56. The summed E-state index contributed by atoms with van der Waals surface area (Å²) in [6.45, 7) is 7.88. The summed E-state index contributed by atoms with van der Waals surface area (Å²) in [4.78, 5) is 24.6. The van der Waals surface area contributed by atoms with Gasteiger partial charge in [-0.05, 0) is 71.1 Å². The lowest BCUT2D eigenvalue weighted by atomic mass is 9.81. The largest absolute Gasteiger partial charge is 0.351 e. The van der Waals surface area contributed by atoms with Gasteiger partial charge in [-0.1, -0.05) is 17.7 Å². The molecular weight excluding hydrogens is 324 g/mol. The van der Waals surface area contributed by atoms with Crippen molar-refractivity contribution in [3.63, 3.8) is 0 Å². The van der Waals surface area contributed by atoms with Gasteiger partial charge in [-0.2, -0.15) is 0 Å². The van der Waals surface area contributed by atoms with Crippen LogP contribution in [0.25, 0.3) is 0 Å². The number of benzene rings is 1. The first kappa shape index (κ1) is 18.8. The Hall–Kier alpha value is -1.55. The number of anilines is 1. The molecule has 2 rings (SSSR count). The molecule has 1 fully saturated rings. The first-order chi connectivity index (χ1) is 11.2. The molecule has 2 N–H and O–H groups in total. The van der Waals surface area contributed by atoms with E-state index in [1.165, 1.54) is 0 Å².